The zero-order valence-electron chi connectivity index (χ0n) is 7.55. The van der Waals surface area contributed by atoms with Gasteiger partial charge in [0.25, 0.3) is 0 Å². The van der Waals surface area contributed by atoms with Crippen LogP contribution in [-0.2, 0) is 4.79 Å². The zero-order valence-corrected chi connectivity index (χ0v) is 9.13. The largest absolute Gasteiger partial charge is 0.478 e. The summed E-state index contributed by atoms with van der Waals surface area (Å²) in [5.41, 5.74) is 5.45. The highest BCUT2D eigenvalue weighted by molar-refractivity contribution is 7.99. The lowest BCUT2D eigenvalue weighted by atomic mass is 10.5. The number of halogens is 1. The first-order chi connectivity index (χ1) is 7.08. The van der Waals surface area contributed by atoms with Gasteiger partial charge in [0.2, 0.25) is 0 Å². The van der Waals surface area contributed by atoms with Crippen molar-refractivity contribution in [2.45, 2.75) is 5.16 Å². The lowest BCUT2D eigenvalue weighted by Gasteiger charge is -1.98. The topological polar surface area (TPSA) is 89.1 Å². The summed E-state index contributed by atoms with van der Waals surface area (Å²) in [6, 6.07) is 1.44. The lowest BCUT2D eigenvalue weighted by Crippen LogP contribution is -1.95. The average molecular weight is 246 g/mol. The molecule has 15 heavy (non-hydrogen) atoms. The lowest BCUT2D eigenvalue weighted by molar-refractivity contribution is -0.131. The molecular weight excluding hydrogens is 238 g/mol. The maximum Gasteiger partial charge on any atom is 0.328 e. The quantitative estimate of drug-likeness (QED) is 0.361. The van der Waals surface area contributed by atoms with Crippen LogP contribution in [0, 0.1) is 0 Å². The third-order valence-corrected chi connectivity index (χ3v) is 2.26. The Hall–Kier alpha value is -1.27. The summed E-state index contributed by atoms with van der Waals surface area (Å²) < 4.78 is 0. The van der Waals surface area contributed by atoms with Crippen molar-refractivity contribution in [1.29, 1.82) is 0 Å². The van der Waals surface area contributed by atoms with Crippen LogP contribution in [0.1, 0.15) is 0 Å². The minimum Gasteiger partial charge on any atom is -0.478 e. The average Bonchev–Trinajstić information content (AvgIpc) is 2.10. The summed E-state index contributed by atoms with van der Waals surface area (Å²) in [7, 11) is 0. The van der Waals surface area contributed by atoms with Crippen LogP contribution in [0.25, 0.3) is 0 Å². The molecule has 0 aliphatic rings. The first-order valence-electron chi connectivity index (χ1n) is 3.90. The van der Waals surface area contributed by atoms with Crippen molar-refractivity contribution in [3.63, 3.8) is 0 Å². The number of nitrogen functional groups attached to an aromatic ring is 1. The van der Waals surface area contributed by atoms with Gasteiger partial charge in [-0.15, -0.1) is 0 Å². The number of anilines is 1. The van der Waals surface area contributed by atoms with Crippen molar-refractivity contribution in [3.05, 3.63) is 23.4 Å². The number of hydrogen-bond donors (Lipinski definition) is 2. The molecule has 1 heterocycles. The number of aliphatic carboxylic acids is 1. The molecule has 0 fully saturated rings. The molecule has 1 aromatic heterocycles. The Morgan fingerprint density at radius 3 is 3.00 bits per heavy atom. The fourth-order valence-electron chi connectivity index (χ4n) is 0.750. The molecule has 0 unspecified atom stereocenters. The van der Waals surface area contributed by atoms with Gasteiger partial charge in [0, 0.05) is 17.9 Å². The number of rotatable bonds is 4. The molecule has 0 bridgehead atoms. The van der Waals surface area contributed by atoms with E-state index in [0.717, 1.165) is 6.08 Å². The van der Waals surface area contributed by atoms with Gasteiger partial charge in [0.15, 0.2) is 5.16 Å². The van der Waals surface area contributed by atoms with E-state index in [2.05, 4.69) is 9.97 Å². The van der Waals surface area contributed by atoms with E-state index >= 15 is 0 Å². The maximum atomic E-state index is 10.2. The fraction of sp³-hybridized carbons (Fsp3) is 0.125. The van der Waals surface area contributed by atoms with Gasteiger partial charge in [-0.25, -0.2) is 14.8 Å². The number of aromatic nitrogens is 2. The van der Waals surface area contributed by atoms with E-state index in [1.807, 2.05) is 0 Å². The number of carboxylic acids is 1. The summed E-state index contributed by atoms with van der Waals surface area (Å²) in [6.07, 6.45) is 2.55. The van der Waals surface area contributed by atoms with E-state index in [4.69, 9.17) is 22.4 Å². The van der Waals surface area contributed by atoms with Crippen molar-refractivity contribution >= 4 is 35.1 Å². The first-order valence-corrected chi connectivity index (χ1v) is 5.26. The van der Waals surface area contributed by atoms with E-state index in [0.29, 0.717) is 16.7 Å². The first kappa shape index (κ1) is 11.8. The van der Waals surface area contributed by atoms with E-state index in [1.54, 1.807) is 0 Å². The number of nitrogens with two attached hydrogens (primary N) is 1. The summed E-state index contributed by atoms with van der Waals surface area (Å²) >= 11 is 6.91. The van der Waals surface area contributed by atoms with Crippen LogP contribution in [0.3, 0.4) is 0 Å². The Labute approximate surface area is 95.4 Å². The fourth-order valence-corrected chi connectivity index (χ4v) is 1.67. The normalized spacial score (nSPS) is 10.7. The number of thioether (sulfide) groups is 1. The Morgan fingerprint density at radius 1 is 1.67 bits per heavy atom. The number of carbonyl (C=O) groups is 1. The molecule has 0 atom stereocenters. The van der Waals surface area contributed by atoms with Gasteiger partial charge in [-0.1, -0.05) is 29.4 Å². The number of carboxylic acid groups (broad SMARTS) is 1. The highest BCUT2D eigenvalue weighted by atomic mass is 35.5. The second-order valence-corrected chi connectivity index (χ2v) is 3.82. The highest BCUT2D eigenvalue weighted by Crippen LogP contribution is 2.17. The maximum absolute atomic E-state index is 10.2. The third kappa shape index (κ3) is 4.66. The Balaban J connectivity index is 2.54. The van der Waals surface area contributed by atoms with Crippen molar-refractivity contribution in [3.8, 4) is 0 Å². The van der Waals surface area contributed by atoms with Gasteiger partial charge in [-0.05, 0) is 0 Å². The van der Waals surface area contributed by atoms with E-state index < -0.39 is 5.97 Å². The van der Waals surface area contributed by atoms with Gasteiger partial charge in [0.05, 0.1) is 0 Å². The molecule has 0 saturated heterocycles. The number of hydrogen-bond acceptors (Lipinski definition) is 5. The Kier molecular flexibility index (Phi) is 4.38. The SMILES string of the molecule is Nc1cc(Cl)nc(SC/C=C/C(=O)O)n1. The minimum absolute atomic E-state index is 0.271. The van der Waals surface area contributed by atoms with Crippen LogP contribution in [0.2, 0.25) is 5.15 Å². The van der Waals surface area contributed by atoms with Crippen LogP contribution in [0.5, 0.6) is 0 Å². The van der Waals surface area contributed by atoms with Gasteiger partial charge in [-0.3, -0.25) is 0 Å². The van der Waals surface area contributed by atoms with Crippen LogP contribution in [0.4, 0.5) is 5.82 Å². The molecular formula is C8H8ClN3O2S. The summed E-state index contributed by atoms with van der Waals surface area (Å²) in [5.74, 6) is -0.242. The molecule has 0 amide bonds. The Morgan fingerprint density at radius 2 is 2.40 bits per heavy atom. The van der Waals surface area contributed by atoms with E-state index in [9.17, 15) is 4.79 Å². The molecule has 5 nitrogen and oxygen atoms in total. The van der Waals surface area contributed by atoms with Crippen LogP contribution in [-0.4, -0.2) is 26.8 Å². The molecule has 3 N–H and O–H groups in total. The summed E-state index contributed by atoms with van der Waals surface area (Å²) in [5, 5.41) is 9.03. The monoisotopic (exact) mass is 245 g/mol. The van der Waals surface area contributed by atoms with Crippen molar-refractivity contribution in [2.24, 2.45) is 0 Å². The molecule has 0 aromatic carbocycles. The van der Waals surface area contributed by atoms with E-state index in [-0.39, 0.29) is 5.15 Å². The minimum atomic E-state index is -0.984. The van der Waals surface area contributed by atoms with Crippen molar-refractivity contribution < 1.29 is 9.90 Å². The molecule has 1 aromatic rings. The summed E-state index contributed by atoms with van der Waals surface area (Å²) in [4.78, 5) is 18.0. The van der Waals surface area contributed by atoms with Gasteiger partial charge < -0.3 is 10.8 Å². The molecule has 1 rings (SSSR count). The predicted octanol–water partition coefficient (Wildman–Crippen LogP) is 1.45. The second-order valence-electron chi connectivity index (χ2n) is 2.45. The Bertz CT molecular complexity index is 377. The van der Waals surface area contributed by atoms with E-state index in [1.165, 1.54) is 23.9 Å². The van der Waals surface area contributed by atoms with Crippen molar-refractivity contribution in [1.82, 2.24) is 9.97 Å². The smallest absolute Gasteiger partial charge is 0.328 e. The van der Waals surface area contributed by atoms with Crippen molar-refractivity contribution in [2.75, 3.05) is 11.5 Å². The second kappa shape index (κ2) is 5.57. The third-order valence-electron chi connectivity index (χ3n) is 1.26. The molecule has 80 valence electrons. The van der Waals surface area contributed by atoms with Gasteiger partial charge >= 0.3 is 5.97 Å². The molecule has 0 aliphatic heterocycles. The van der Waals surface area contributed by atoms with Gasteiger partial charge in [-0.2, -0.15) is 0 Å². The molecule has 0 aliphatic carbocycles. The van der Waals surface area contributed by atoms with Crippen LogP contribution >= 0.6 is 23.4 Å². The predicted molar refractivity (Wildman–Crippen MR) is 59.0 cm³/mol. The standard InChI is InChI=1S/C8H8ClN3O2S/c9-5-4-6(10)12-8(11-5)15-3-1-2-7(13)14/h1-2,4H,3H2,(H,13,14)(H2,10,11,12)/b2-1+. The number of nitrogens with zero attached hydrogens (tertiary/aromatic N) is 2. The molecule has 0 spiro atoms. The van der Waals surface area contributed by atoms with Crippen LogP contribution < -0.4 is 5.73 Å². The van der Waals surface area contributed by atoms with Crippen LogP contribution in [0.15, 0.2) is 23.4 Å². The summed E-state index contributed by atoms with van der Waals surface area (Å²) in [6.45, 7) is 0. The zero-order chi connectivity index (χ0) is 11.3. The van der Waals surface area contributed by atoms with Gasteiger partial charge in [0.1, 0.15) is 11.0 Å². The molecule has 7 heteroatoms. The molecule has 0 saturated carbocycles. The highest BCUT2D eigenvalue weighted by Gasteiger charge is 2.00. The molecule has 0 radical (unpaired) electrons.